The lowest BCUT2D eigenvalue weighted by molar-refractivity contribution is -0.129. The van der Waals surface area contributed by atoms with Crippen molar-refractivity contribution in [2.45, 2.75) is 78.5 Å². The molecule has 4 nitrogen and oxygen atoms in total. The van der Waals surface area contributed by atoms with Gasteiger partial charge in [0, 0.05) is 5.41 Å². The second-order valence-corrected chi connectivity index (χ2v) is 10.1. The molecule has 5 heteroatoms. The van der Waals surface area contributed by atoms with E-state index in [1.807, 2.05) is 32.9 Å². The van der Waals surface area contributed by atoms with Crippen LogP contribution in [0, 0.1) is 5.41 Å². The highest BCUT2D eigenvalue weighted by molar-refractivity contribution is 6.45. The number of carbonyl (C=O) groups excluding carboxylic acids is 1. The Kier molecular flexibility index (Phi) is 5.85. The Labute approximate surface area is 175 Å². The van der Waals surface area contributed by atoms with Gasteiger partial charge in [0.05, 0.1) is 17.2 Å². The van der Waals surface area contributed by atoms with Crippen LogP contribution in [-0.4, -0.2) is 24.2 Å². The minimum Gasteiger partial charge on any atom is -0.403 e. The minimum atomic E-state index is -0.445. The Hall–Kier alpha value is -1.85. The first-order chi connectivity index (χ1) is 13.4. The number of nitrogens with one attached hydrogen (secondary N) is 1. The molecule has 29 heavy (non-hydrogen) atoms. The molecule has 3 rings (SSSR count). The molecule has 1 atom stereocenters. The van der Waals surface area contributed by atoms with E-state index in [0.29, 0.717) is 0 Å². The molecule has 1 aliphatic heterocycles. The van der Waals surface area contributed by atoms with E-state index in [0.717, 1.165) is 18.3 Å². The van der Waals surface area contributed by atoms with E-state index in [-0.39, 0.29) is 30.3 Å². The van der Waals surface area contributed by atoms with Crippen molar-refractivity contribution in [1.82, 2.24) is 5.32 Å². The van der Waals surface area contributed by atoms with Crippen molar-refractivity contribution < 1.29 is 14.1 Å². The maximum atomic E-state index is 12.7. The van der Waals surface area contributed by atoms with Crippen LogP contribution in [0.1, 0.15) is 66.5 Å². The topological polar surface area (TPSA) is 47.6 Å². The molecule has 1 heterocycles. The predicted octanol–water partition coefficient (Wildman–Crippen LogP) is 5.53. The molecule has 0 aliphatic carbocycles. The van der Waals surface area contributed by atoms with Gasteiger partial charge in [-0.2, -0.15) is 0 Å². The highest BCUT2D eigenvalue weighted by Gasteiger charge is 2.50. The van der Waals surface area contributed by atoms with Gasteiger partial charge in [-0.15, -0.1) is 0 Å². The lowest BCUT2D eigenvalue weighted by Crippen LogP contribution is -2.41. The van der Waals surface area contributed by atoms with Gasteiger partial charge in [-0.1, -0.05) is 57.2 Å². The number of rotatable bonds is 5. The van der Waals surface area contributed by atoms with Crippen molar-refractivity contribution in [2.24, 2.45) is 5.41 Å². The third kappa shape index (κ3) is 4.84. The summed E-state index contributed by atoms with van der Waals surface area (Å²) in [6, 6.07) is 14.6. The van der Waals surface area contributed by atoms with Crippen LogP contribution in [-0.2, 0) is 14.1 Å². The lowest BCUT2D eigenvalue weighted by atomic mass is 9.80. The van der Waals surface area contributed by atoms with Gasteiger partial charge in [0.2, 0.25) is 5.91 Å². The Morgan fingerprint density at radius 3 is 2.17 bits per heavy atom. The van der Waals surface area contributed by atoms with Gasteiger partial charge in [0.25, 0.3) is 0 Å². The van der Waals surface area contributed by atoms with E-state index in [2.05, 4.69) is 63.3 Å². The van der Waals surface area contributed by atoms with Gasteiger partial charge in [0.1, 0.15) is 0 Å². The quantitative estimate of drug-likeness (QED) is 0.678. The number of hydrogen-bond acceptors (Lipinski definition) is 3. The van der Waals surface area contributed by atoms with Gasteiger partial charge >= 0.3 is 7.12 Å². The summed E-state index contributed by atoms with van der Waals surface area (Å²) < 4.78 is 12.3. The molecular formula is C24H34BNO3. The summed E-state index contributed by atoms with van der Waals surface area (Å²) in [5, 5.41) is 5.63. The fraction of sp³-hybridized carbons (Fsp3) is 0.542. The first kappa shape index (κ1) is 21.9. The van der Waals surface area contributed by atoms with Gasteiger partial charge < -0.3 is 14.6 Å². The first-order valence-corrected chi connectivity index (χ1v) is 10.5. The monoisotopic (exact) mass is 395 g/mol. The fourth-order valence-electron chi connectivity index (χ4n) is 3.51. The number of hydrogen-bond donors (Lipinski definition) is 1. The zero-order valence-corrected chi connectivity index (χ0v) is 18.8. The fourth-order valence-corrected chi connectivity index (χ4v) is 3.51. The molecule has 1 aliphatic rings. The average Bonchev–Trinajstić information content (AvgIpc) is 2.84. The Bertz CT molecular complexity index is 869. The predicted molar refractivity (Wildman–Crippen MR) is 120 cm³/mol. The van der Waals surface area contributed by atoms with E-state index in [1.54, 1.807) is 0 Å². The second kappa shape index (κ2) is 7.77. The lowest BCUT2D eigenvalue weighted by Gasteiger charge is -2.32. The zero-order chi connectivity index (χ0) is 21.4. The van der Waals surface area contributed by atoms with Crippen molar-refractivity contribution >= 4 is 23.8 Å². The highest BCUT2D eigenvalue weighted by atomic mass is 16.7. The largest absolute Gasteiger partial charge is 0.457 e. The Morgan fingerprint density at radius 1 is 1.00 bits per heavy atom. The number of carbonyl (C=O) groups is 1. The molecule has 0 aromatic heterocycles. The van der Waals surface area contributed by atoms with Gasteiger partial charge in [-0.05, 0) is 62.8 Å². The van der Waals surface area contributed by atoms with Crippen LogP contribution in [0.5, 0.6) is 0 Å². The number of fused-ring (bicyclic) bond motifs is 1. The average molecular weight is 395 g/mol. The normalized spacial score (nSPS) is 19.3. The third-order valence-corrected chi connectivity index (χ3v) is 6.16. The molecule has 0 bridgehead atoms. The maximum absolute atomic E-state index is 12.7. The van der Waals surface area contributed by atoms with Gasteiger partial charge in [0.15, 0.2) is 0 Å². The Morgan fingerprint density at radius 2 is 1.59 bits per heavy atom. The van der Waals surface area contributed by atoms with Crippen LogP contribution >= 0.6 is 0 Å². The van der Waals surface area contributed by atoms with E-state index >= 15 is 0 Å². The molecule has 1 N–H and O–H groups in total. The van der Waals surface area contributed by atoms with Crippen molar-refractivity contribution in [2.75, 3.05) is 0 Å². The molecule has 0 spiro atoms. The second-order valence-electron chi connectivity index (χ2n) is 10.1. The maximum Gasteiger partial charge on any atom is 0.457 e. The third-order valence-electron chi connectivity index (χ3n) is 6.16. The summed E-state index contributed by atoms with van der Waals surface area (Å²) in [5.41, 5.74) is -0.0209. The highest BCUT2D eigenvalue weighted by Crippen LogP contribution is 2.39. The molecule has 2 aromatic rings. The Balaban J connectivity index is 1.80. The van der Waals surface area contributed by atoms with Crippen LogP contribution in [0.3, 0.4) is 0 Å². The van der Waals surface area contributed by atoms with E-state index in [1.165, 1.54) is 10.8 Å². The van der Waals surface area contributed by atoms with Crippen LogP contribution in [0.25, 0.3) is 10.8 Å². The molecule has 0 radical (unpaired) electrons. The molecule has 156 valence electrons. The van der Waals surface area contributed by atoms with Crippen LogP contribution in [0.2, 0.25) is 6.32 Å². The summed E-state index contributed by atoms with van der Waals surface area (Å²) in [7, 11) is -0.269. The zero-order valence-electron chi connectivity index (χ0n) is 18.8. The first-order valence-electron chi connectivity index (χ1n) is 10.5. The summed E-state index contributed by atoms with van der Waals surface area (Å²) in [5.74, 6) is 0.0459. The van der Waals surface area contributed by atoms with Crippen molar-refractivity contribution in [3.8, 4) is 0 Å². The van der Waals surface area contributed by atoms with Gasteiger partial charge in [-0.3, -0.25) is 4.79 Å². The minimum absolute atomic E-state index is 0.0459. The molecule has 1 saturated heterocycles. The summed E-state index contributed by atoms with van der Waals surface area (Å²) >= 11 is 0. The van der Waals surface area contributed by atoms with Crippen molar-refractivity contribution in [3.05, 3.63) is 48.0 Å². The SMILES string of the molecule is CC(C)(C)C(=O)N[C@@H](CCB1OC(C)(C)C(C)(C)O1)c1ccc2ccccc2c1. The molecule has 1 amide bonds. The van der Waals surface area contributed by atoms with Crippen LogP contribution in [0.4, 0.5) is 0 Å². The van der Waals surface area contributed by atoms with Crippen molar-refractivity contribution in [1.29, 1.82) is 0 Å². The van der Waals surface area contributed by atoms with Crippen LogP contribution in [0.15, 0.2) is 42.5 Å². The molecule has 1 fully saturated rings. The summed E-state index contributed by atoms with van der Waals surface area (Å²) in [6.45, 7) is 14.1. The van der Waals surface area contributed by atoms with Crippen molar-refractivity contribution in [3.63, 3.8) is 0 Å². The smallest absolute Gasteiger partial charge is 0.403 e. The summed E-state index contributed by atoms with van der Waals surface area (Å²) in [4.78, 5) is 12.7. The van der Waals surface area contributed by atoms with E-state index in [9.17, 15) is 4.79 Å². The summed E-state index contributed by atoms with van der Waals surface area (Å²) in [6.07, 6.45) is 1.46. The molecule has 0 saturated carbocycles. The number of benzene rings is 2. The molecule has 0 unspecified atom stereocenters. The standard InChI is InChI=1S/C24H34BNO3/c1-22(2,3)21(27)26-20(14-15-25-28-23(4,5)24(6,7)29-25)19-13-12-17-10-8-9-11-18(17)16-19/h8-13,16,20H,14-15H2,1-7H3,(H,26,27)/t20-/m0/s1. The molecule has 2 aromatic carbocycles. The van der Waals surface area contributed by atoms with E-state index in [4.69, 9.17) is 9.31 Å². The van der Waals surface area contributed by atoms with E-state index < -0.39 is 5.41 Å². The van der Waals surface area contributed by atoms with Gasteiger partial charge in [-0.25, -0.2) is 0 Å². The number of amides is 1. The van der Waals surface area contributed by atoms with Crippen LogP contribution < -0.4 is 5.32 Å². The molecular weight excluding hydrogens is 361 g/mol.